The number of fused-ring (bicyclic) bond motifs is 1. The Morgan fingerprint density at radius 1 is 1.08 bits per heavy atom. The van der Waals surface area contributed by atoms with Gasteiger partial charge in [-0.1, -0.05) is 0 Å². The third kappa shape index (κ3) is 3.79. The fourth-order valence-electron chi connectivity index (χ4n) is 3.53. The minimum Gasteiger partial charge on any atom is -0.493 e. The summed E-state index contributed by atoms with van der Waals surface area (Å²) in [5, 5.41) is 2.97. The molecule has 142 valence electrons. The second kappa shape index (κ2) is 6.82. The second-order valence-electron chi connectivity index (χ2n) is 8.17. The molecule has 2 atom stereocenters. The van der Waals surface area contributed by atoms with Crippen LogP contribution in [0, 0.1) is 11.8 Å². The third-order valence-corrected chi connectivity index (χ3v) is 4.97. The number of carbonyl (C=O) groups excluding carboxylic acids is 2. The van der Waals surface area contributed by atoms with Gasteiger partial charge in [0, 0.05) is 18.6 Å². The Morgan fingerprint density at radius 3 is 2.27 bits per heavy atom. The largest absolute Gasteiger partial charge is 0.493 e. The van der Waals surface area contributed by atoms with E-state index in [0.717, 1.165) is 12.0 Å². The third-order valence-electron chi connectivity index (χ3n) is 4.97. The summed E-state index contributed by atoms with van der Waals surface area (Å²) in [6.07, 6.45) is 1.43. The van der Waals surface area contributed by atoms with Gasteiger partial charge in [0.05, 0.1) is 26.1 Å². The molecule has 1 fully saturated rings. The van der Waals surface area contributed by atoms with E-state index in [4.69, 9.17) is 9.47 Å². The number of carbonyl (C=O) groups is 2. The van der Waals surface area contributed by atoms with Gasteiger partial charge in [-0.3, -0.25) is 9.59 Å². The molecule has 2 unspecified atom stereocenters. The van der Waals surface area contributed by atoms with Crippen LogP contribution in [-0.4, -0.2) is 43.0 Å². The summed E-state index contributed by atoms with van der Waals surface area (Å²) in [6.45, 7) is 7.08. The van der Waals surface area contributed by atoms with Crippen molar-refractivity contribution in [2.24, 2.45) is 11.8 Å². The van der Waals surface area contributed by atoms with Crippen LogP contribution in [-0.2, 0) is 22.6 Å². The summed E-state index contributed by atoms with van der Waals surface area (Å²) >= 11 is 0. The van der Waals surface area contributed by atoms with Crippen LogP contribution >= 0.6 is 0 Å². The highest BCUT2D eigenvalue weighted by Gasteiger charge is 2.50. The first-order valence-electron chi connectivity index (χ1n) is 9.08. The van der Waals surface area contributed by atoms with Crippen LogP contribution in [0.25, 0.3) is 0 Å². The topological polar surface area (TPSA) is 67.9 Å². The highest BCUT2D eigenvalue weighted by molar-refractivity contribution is 5.92. The van der Waals surface area contributed by atoms with Crippen LogP contribution in [0.3, 0.4) is 0 Å². The number of ether oxygens (including phenoxy) is 2. The maximum Gasteiger partial charge on any atom is 0.226 e. The quantitative estimate of drug-likeness (QED) is 0.893. The summed E-state index contributed by atoms with van der Waals surface area (Å²) in [4.78, 5) is 26.9. The molecule has 26 heavy (non-hydrogen) atoms. The van der Waals surface area contributed by atoms with E-state index in [1.54, 1.807) is 14.2 Å². The minimum absolute atomic E-state index is 0.0142. The molecule has 2 amide bonds. The van der Waals surface area contributed by atoms with Gasteiger partial charge in [0.2, 0.25) is 11.8 Å². The van der Waals surface area contributed by atoms with Gasteiger partial charge >= 0.3 is 0 Å². The number of hydrogen-bond acceptors (Lipinski definition) is 4. The Morgan fingerprint density at radius 2 is 1.69 bits per heavy atom. The molecule has 0 bridgehead atoms. The summed E-state index contributed by atoms with van der Waals surface area (Å²) in [7, 11) is 3.23. The van der Waals surface area contributed by atoms with Gasteiger partial charge in [-0.25, -0.2) is 0 Å². The normalized spacial score (nSPS) is 21.7. The summed E-state index contributed by atoms with van der Waals surface area (Å²) in [5.41, 5.74) is 2.00. The lowest BCUT2D eigenvalue weighted by atomic mass is 9.98. The van der Waals surface area contributed by atoms with Gasteiger partial charge in [0.15, 0.2) is 11.5 Å². The van der Waals surface area contributed by atoms with Crippen molar-refractivity contribution in [1.29, 1.82) is 0 Å². The molecule has 2 aliphatic rings. The van der Waals surface area contributed by atoms with Crippen molar-refractivity contribution in [2.45, 2.75) is 45.7 Å². The molecule has 1 saturated carbocycles. The van der Waals surface area contributed by atoms with Gasteiger partial charge in [-0.15, -0.1) is 0 Å². The van der Waals surface area contributed by atoms with Crippen LogP contribution in [0.15, 0.2) is 12.1 Å². The highest BCUT2D eigenvalue weighted by Crippen LogP contribution is 2.42. The van der Waals surface area contributed by atoms with E-state index in [2.05, 4.69) is 5.32 Å². The number of rotatable bonds is 4. The van der Waals surface area contributed by atoms with Crippen molar-refractivity contribution in [1.82, 2.24) is 10.2 Å². The molecule has 0 spiro atoms. The van der Waals surface area contributed by atoms with Crippen molar-refractivity contribution >= 4 is 11.8 Å². The van der Waals surface area contributed by atoms with E-state index in [-0.39, 0.29) is 29.2 Å². The van der Waals surface area contributed by atoms with E-state index >= 15 is 0 Å². The van der Waals surface area contributed by atoms with Crippen LogP contribution in [0.2, 0.25) is 0 Å². The standard InChI is InChI=1S/C20H28N2O4/c1-20(2,3)21-18(23)14-10-15(14)19(24)22-7-6-12-8-16(25-4)17(26-5)9-13(12)11-22/h8-9,14-15H,6-7,10-11H2,1-5H3,(H,21,23). The van der Waals surface area contributed by atoms with Crippen LogP contribution < -0.4 is 14.8 Å². The number of benzene rings is 1. The van der Waals surface area contributed by atoms with Crippen LogP contribution in [0.1, 0.15) is 38.3 Å². The first-order valence-corrected chi connectivity index (χ1v) is 9.08. The number of hydrogen-bond donors (Lipinski definition) is 1. The Balaban J connectivity index is 1.66. The summed E-state index contributed by atoms with van der Waals surface area (Å²) in [6, 6.07) is 3.94. The Bertz CT molecular complexity index is 723. The Hall–Kier alpha value is -2.24. The van der Waals surface area contributed by atoms with E-state index in [0.29, 0.717) is 31.0 Å². The Labute approximate surface area is 154 Å². The first-order chi connectivity index (χ1) is 12.2. The fourth-order valence-corrected chi connectivity index (χ4v) is 3.53. The number of amides is 2. The Kier molecular flexibility index (Phi) is 4.86. The molecule has 1 aliphatic heterocycles. The zero-order chi connectivity index (χ0) is 19.1. The average Bonchev–Trinajstić information content (AvgIpc) is 3.38. The van der Waals surface area contributed by atoms with Gasteiger partial charge in [0.25, 0.3) is 0 Å². The van der Waals surface area contributed by atoms with Crippen molar-refractivity contribution < 1.29 is 19.1 Å². The van der Waals surface area contributed by atoms with Gasteiger partial charge in [-0.2, -0.15) is 0 Å². The smallest absolute Gasteiger partial charge is 0.226 e. The second-order valence-corrected chi connectivity index (χ2v) is 8.17. The van der Waals surface area contributed by atoms with Crippen molar-refractivity contribution in [3.63, 3.8) is 0 Å². The molecule has 1 aliphatic carbocycles. The SMILES string of the molecule is COc1cc2c(cc1OC)CN(C(=O)C1CC1C(=O)NC(C)(C)C)CC2. The van der Waals surface area contributed by atoms with Crippen molar-refractivity contribution in [3.05, 3.63) is 23.3 Å². The fraction of sp³-hybridized carbons (Fsp3) is 0.600. The predicted octanol–water partition coefficient (Wildman–Crippen LogP) is 2.14. The molecule has 0 aromatic heterocycles. The molecule has 1 N–H and O–H groups in total. The molecule has 1 aromatic carbocycles. The monoisotopic (exact) mass is 360 g/mol. The molecule has 3 rings (SSSR count). The molecule has 0 radical (unpaired) electrons. The van der Waals surface area contributed by atoms with E-state index in [1.807, 2.05) is 37.8 Å². The first kappa shape index (κ1) is 18.5. The molecule has 1 aromatic rings. The zero-order valence-electron chi connectivity index (χ0n) is 16.2. The number of nitrogens with one attached hydrogen (secondary N) is 1. The van der Waals surface area contributed by atoms with Gasteiger partial charge in [-0.05, 0) is 56.9 Å². The molecular formula is C20H28N2O4. The highest BCUT2D eigenvalue weighted by atomic mass is 16.5. The van der Waals surface area contributed by atoms with E-state index in [9.17, 15) is 9.59 Å². The molecule has 1 heterocycles. The van der Waals surface area contributed by atoms with Gasteiger partial charge < -0.3 is 19.7 Å². The van der Waals surface area contributed by atoms with E-state index in [1.165, 1.54) is 5.56 Å². The zero-order valence-corrected chi connectivity index (χ0v) is 16.2. The number of methoxy groups -OCH3 is 2. The average molecular weight is 360 g/mol. The summed E-state index contributed by atoms with van der Waals surface area (Å²) < 4.78 is 10.7. The van der Waals surface area contributed by atoms with Crippen molar-refractivity contribution in [3.8, 4) is 11.5 Å². The lowest BCUT2D eigenvalue weighted by Crippen LogP contribution is -2.43. The molecule has 6 heteroatoms. The van der Waals surface area contributed by atoms with Gasteiger partial charge in [0.1, 0.15) is 0 Å². The lowest BCUT2D eigenvalue weighted by Gasteiger charge is -2.30. The van der Waals surface area contributed by atoms with E-state index < -0.39 is 0 Å². The predicted molar refractivity (Wildman–Crippen MR) is 98.2 cm³/mol. The molecular weight excluding hydrogens is 332 g/mol. The lowest BCUT2D eigenvalue weighted by molar-refractivity contribution is -0.135. The minimum atomic E-state index is -0.271. The van der Waals surface area contributed by atoms with Crippen molar-refractivity contribution in [2.75, 3.05) is 20.8 Å². The van der Waals surface area contributed by atoms with Crippen LogP contribution in [0.4, 0.5) is 0 Å². The molecule has 6 nitrogen and oxygen atoms in total. The number of nitrogens with zero attached hydrogens (tertiary/aromatic N) is 1. The molecule has 0 saturated heterocycles. The maximum absolute atomic E-state index is 12.8. The maximum atomic E-state index is 12.8. The summed E-state index contributed by atoms with van der Waals surface area (Å²) in [5.74, 6) is 1.09. The van der Waals surface area contributed by atoms with Crippen LogP contribution in [0.5, 0.6) is 11.5 Å².